The van der Waals surface area contributed by atoms with Gasteiger partial charge in [0.2, 0.25) is 0 Å². The molecule has 1 aliphatic carbocycles. The Labute approximate surface area is 128 Å². The van der Waals surface area contributed by atoms with Crippen LogP contribution in [0, 0.1) is 11.8 Å². The number of nitrogens with two attached hydrogens (primary N) is 1. The fraction of sp³-hybridized carbons (Fsp3) is 0.667. The topological polar surface area (TPSA) is 47.3 Å². The molecule has 3 N–H and O–H groups in total. The fourth-order valence-corrected chi connectivity index (χ4v) is 3.86. The van der Waals surface area contributed by atoms with Gasteiger partial charge in [0.1, 0.15) is 5.75 Å². The molecule has 3 rings (SSSR count). The molecule has 0 aromatic heterocycles. The van der Waals surface area contributed by atoms with Crippen LogP contribution in [0.25, 0.3) is 0 Å². The van der Waals surface area contributed by atoms with Crippen molar-refractivity contribution in [1.29, 1.82) is 0 Å². The van der Waals surface area contributed by atoms with E-state index in [0.29, 0.717) is 6.04 Å². The van der Waals surface area contributed by atoms with Gasteiger partial charge in [-0.05, 0) is 54.7 Å². The number of aryl methyl sites for hydroxylation is 1. The van der Waals surface area contributed by atoms with Crippen molar-refractivity contribution in [2.75, 3.05) is 6.61 Å². The first-order chi connectivity index (χ1) is 10.3. The molecule has 1 aromatic rings. The van der Waals surface area contributed by atoms with Crippen LogP contribution >= 0.6 is 0 Å². The van der Waals surface area contributed by atoms with Crippen LogP contribution in [-0.2, 0) is 12.8 Å². The molecule has 3 heteroatoms. The minimum absolute atomic E-state index is 0.460. The maximum absolute atomic E-state index is 5.82. The molecule has 1 heterocycles. The summed E-state index contributed by atoms with van der Waals surface area (Å²) in [7, 11) is 0. The van der Waals surface area contributed by atoms with E-state index in [0.717, 1.165) is 43.5 Å². The predicted octanol–water partition coefficient (Wildman–Crippen LogP) is 3.21. The molecule has 21 heavy (non-hydrogen) atoms. The van der Waals surface area contributed by atoms with Gasteiger partial charge >= 0.3 is 0 Å². The Hall–Kier alpha value is -1.06. The van der Waals surface area contributed by atoms with Gasteiger partial charge in [0.15, 0.2) is 0 Å². The van der Waals surface area contributed by atoms with E-state index >= 15 is 0 Å². The van der Waals surface area contributed by atoms with Crippen LogP contribution in [0.2, 0.25) is 0 Å². The molecule has 1 aliphatic heterocycles. The minimum Gasteiger partial charge on any atom is -0.493 e. The molecular weight excluding hydrogens is 260 g/mol. The lowest BCUT2D eigenvalue weighted by molar-refractivity contribution is 0.223. The number of ether oxygens (including phenoxy) is 1. The van der Waals surface area contributed by atoms with Crippen molar-refractivity contribution < 1.29 is 4.74 Å². The summed E-state index contributed by atoms with van der Waals surface area (Å²) in [6.07, 6.45) is 8.67. The first-order valence-electron chi connectivity index (χ1n) is 8.47. The lowest BCUT2D eigenvalue weighted by atomic mass is 9.78. The van der Waals surface area contributed by atoms with Gasteiger partial charge in [0.25, 0.3) is 0 Å². The van der Waals surface area contributed by atoms with E-state index in [1.165, 1.54) is 36.8 Å². The average molecular weight is 288 g/mol. The maximum Gasteiger partial charge on any atom is 0.122 e. The second-order valence-electron chi connectivity index (χ2n) is 6.87. The van der Waals surface area contributed by atoms with Gasteiger partial charge in [-0.3, -0.25) is 11.3 Å². The third-order valence-corrected chi connectivity index (χ3v) is 5.34. The minimum atomic E-state index is 0.460. The van der Waals surface area contributed by atoms with E-state index in [2.05, 4.69) is 30.5 Å². The van der Waals surface area contributed by atoms with Crippen molar-refractivity contribution >= 4 is 0 Å². The SMILES string of the molecule is CC1CCC(C(CCc2ccc3c(c2)CCO3)NN)CC1. The van der Waals surface area contributed by atoms with Crippen LogP contribution < -0.4 is 16.0 Å². The van der Waals surface area contributed by atoms with Crippen LogP contribution in [0.3, 0.4) is 0 Å². The average Bonchev–Trinajstić information content (AvgIpc) is 2.97. The lowest BCUT2D eigenvalue weighted by Crippen LogP contribution is -2.42. The molecule has 1 aromatic carbocycles. The summed E-state index contributed by atoms with van der Waals surface area (Å²) in [5.74, 6) is 8.55. The highest BCUT2D eigenvalue weighted by molar-refractivity contribution is 5.39. The van der Waals surface area contributed by atoms with Crippen molar-refractivity contribution in [3.8, 4) is 5.75 Å². The Morgan fingerprint density at radius 3 is 2.86 bits per heavy atom. The molecule has 0 amide bonds. The summed E-state index contributed by atoms with van der Waals surface area (Å²) in [5, 5.41) is 0. The zero-order valence-electron chi connectivity index (χ0n) is 13.1. The molecular formula is C18H28N2O. The molecule has 1 atom stereocenters. The molecule has 1 unspecified atom stereocenters. The van der Waals surface area contributed by atoms with Gasteiger partial charge in [-0.2, -0.15) is 0 Å². The van der Waals surface area contributed by atoms with Gasteiger partial charge in [0, 0.05) is 12.5 Å². The van der Waals surface area contributed by atoms with Gasteiger partial charge in [-0.1, -0.05) is 31.9 Å². The van der Waals surface area contributed by atoms with E-state index in [-0.39, 0.29) is 0 Å². The number of benzene rings is 1. The largest absolute Gasteiger partial charge is 0.493 e. The second kappa shape index (κ2) is 6.80. The number of hydrogen-bond acceptors (Lipinski definition) is 3. The normalized spacial score (nSPS) is 26.2. The van der Waals surface area contributed by atoms with Crippen LogP contribution in [0.4, 0.5) is 0 Å². The van der Waals surface area contributed by atoms with Crippen molar-refractivity contribution in [1.82, 2.24) is 5.43 Å². The lowest BCUT2D eigenvalue weighted by Gasteiger charge is -2.32. The monoisotopic (exact) mass is 288 g/mol. The molecule has 3 nitrogen and oxygen atoms in total. The first-order valence-corrected chi connectivity index (χ1v) is 8.47. The van der Waals surface area contributed by atoms with Crippen molar-refractivity contribution in [3.05, 3.63) is 29.3 Å². The van der Waals surface area contributed by atoms with Gasteiger partial charge in [0.05, 0.1) is 6.61 Å². The standard InChI is InChI=1S/C18H28N2O/c1-13-2-6-15(7-3-13)17(20-19)8-4-14-5-9-18-16(12-14)10-11-21-18/h5,9,12-13,15,17,20H,2-4,6-8,10-11,19H2,1H3. The fourth-order valence-electron chi connectivity index (χ4n) is 3.86. The molecule has 0 radical (unpaired) electrons. The summed E-state index contributed by atoms with van der Waals surface area (Å²) >= 11 is 0. The van der Waals surface area contributed by atoms with Crippen molar-refractivity contribution in [3.63, 3.8) is 0 Å². The van der Waals surface area contributed by atoms with Crippen LogP contribution in [0.15, 0.2) is 18.2 Å². The van der Waals surface area contributed by atoms with Crippen molar-refractivity contribution in [2.24, 2.45) is 17.7 Å². The Balaban J connectivity index is 1.55. The van der Waals surface area contributed by atoms with E-state index in [1.54, 1.807) is 0 Å². The smallest absolute Gasteiger partial charge is 0.122 e. The molecule has 116 valence electrons. The molecule has 0 saturated heterocycles. The van der Waals surface area contributed by atoms with E-state index in [4.69, 9.17) is 10.6 Å². The number of nitrogens with one attached hydrogen (secondary N) is 1. The highest BCUT2D eigenvalue weighted by Crippen LogP contribution is 2.32. The quantitative estimate of drug-likeness (QED) is 0.646. The molecule has 0 bridgehead atoms. The Morgan fingerprint density at radius 1 is 1.29 bits per heavy atom. The zero-order valence-corrected chi connectivity index (χ0v) is 13.1. The maximum atomic E-state index is 5.82. The summed E-state index contributed by atoms with van der Waals surface area (Å²) in [6, 6.07) is 7.12. The summed E-state index contributed by atoms with van der Waals surface area (Å²) in [4.78, 5) is 0. The number of hydrogen-bond donors (Lipinski definition) is 2. The number of hydrazine groups is 1. The van der Waals surface area contributed by atoms with E-state index in [1.807, 2.05) is 0 Å². The number of fused-ring (bicyclic) bond motifs is 1. The predicted molar refractivity (Wildman–Crippen MR) is 86.2 cm³/mol. The van der Waals surface area contributed by atoms with Crippen LogP contribution in [0.5, 0.6) is 5.75 Å². The second-order valence-corrected chi connectivity index (χ2v) is 6.87. The molecule has 1 fully saturated rings. The molecule has 0 spiro atoms. The summed E-state index contributed by atoms with van der Waals surface area (Å²) in [6.45, 7) is 3.21. The third kappa shape index (κ3) is 3.58. The summed E-state index contributed by atoms with van der Waals surface area (Å²) < 4.78 is 5.57. The third-order valence-electron chi connectivity index (χ3n) is 5.34. The van der Waals surface area contributed by atoms with Gasteiger partial charge in [-0.25, -0.2) is 0 Å². The highest BCUT2D eigenvalue weighted by atomic mass is 16.5. The molecule has 1 saturated carbocycles. The van der Waals surface area contributed by atoms with E-state index in [9.17, 15) is 0 Å². The Bertz CT molecular complexity index is 466. The zero-order chi connectivity index (χ0) is 14.7. The molecule has 2 aliphatic rings. The number of rotatable bonds is 5. The van der Waals surface area contributed by atoms with Crippen LogP contribution in [-0.4, -0.2) is 12.6 Å². The van der Waals surface area contributed by atoms with Gasteiger partial charge in [-0.15, -0.1) is 0 Å². The van der Waals surface area contributed by atoms with E-state index < -0.39 is 0 Å². The van der Waals surface area contributed by atoms with Gasteiger partial charge < -0.3 is 4.74 Å². The van der Waals surface area contributed by atoms with Crippen molar-refractivity contribution in [2.45, 2.75) is 57.9 Å². The first kappa shape index (κ1) is 14.9. The Morgan fingerprint density at radius 2 is 2.10 bits per heavy atom. The highest BCUT2D eigenvalue weighted by Gasteiger charge is 2.25. The Kier molecular flexibility index (Phi) is 4.81. The van der Waals surface area contributed by atoms with Crippen LogP contribution in [0.1, 0.15) is 50.2 Å². The summed E-state index contributed by atoms with van der Waals surface area (Å²) in [5.41, 5.74) is 5.88.